The van der Waals surface area contributed by atoms with E-state index in [-0.39, 0.29) is 28.7 Å². The molecular weight excluding hydrogens is 421 g/mol. The molecule has 0 aliphatic heterocycles. The molecule has 2 aromatic rings. The van der Waals surface area contributed by atoms with Crippen LogP contribution < -0.4 is 20.7 Å². The second-order valence-corrected chi connectivity index (χ2v) is 6.69. The lowest BCUT2D eigenvalue weighted by Gasteiger charge is -2.17. The normalized spacial score (nSPS) is 11.3. The number of carboxylic acids is 1. The summed E-state index contributed by atoms with van der Waals surface area (Å²) in [5.74, 6) is -1.43. The van der Waals surface area contributed by atoms with Crippen molar-refractivity contribution in [1.29, 1.82) is 0 Å². The Balaban J connectivity index is 1.90. The average molecular weight is 440 g/mol. The van der Waals surface area contributed by atoms with Crippen LogP contribution in [0, 0.1) is 0 Å². The molecule has 2 rings (SSSR count). The smallest absolute Gasteiger partial charge is 0.328 e. The highest BCUT2D eigenvalue weighted by atomic mass is 35.5. The predicted molar refractivity (Wildman–Crippen MR) is 109 cm³/mol. The van der Waals surface area contributed by atoms with Crippen LogP contribution in [0.1, 0.15) is 15.9 Å². The Labute approximate surface area is 177 Å². The fraction of sp³-hybridized carbons (Fsp3) is 0.211. The molecule has 10 heteroatoms. The molecule has 1 unspecified atom stereocenters. The average Bonchev–Trinajstić information content (AvgIpc) is 2.69. The van der Waals surface area contributed by atoms with Crippen molar-refractivity contribution in [1.82, 2.24) is 16.0 Å². The number of aliphatic carboxylic acids is 1. The van der Waals surface area contributed by atoms with Gasteiger partial charge in [0.05, 0.1) is 29.3 Å². The van der Waals surface area contributed by atoms with Crippen molar-refractivity contribution >= 4 is 41.1 Å². The first-order valence-electron chi connectivity index (χ1n) is 8.44. The molecule has 154 valence electrons. The van der Waals surface area contributed by atoms with E-state index in [2.05, 4.69) is 16.0 Å². The Morgan fingerprint density at radius 3 is 2.34 bits per heavy atom. The molecule has 8 nitrogen and oxygen atoms in total. The maximum absolute atomic E-state index is 12.3. The number of methoxy groups -OCH3 is 1. The Bertz CT molecular complexity index is 887. The van der Waals surface area contributed by atoms with Gasteiger partial charge < -0.3 is 25.8 Å². The number of hydrogen-bond donors (Lipinski definition) is 4. The van der Waals surface area contributed by atoms with E-state index in [9.17, 15) is 19.5 Å². The SMILES string of the molecule is COc1cccc(CNC(=O)NCC(NC(=O)c2c(Cl)cccc2Cl)C(=O)O)c1. The van der Waals surface area contributed by atoms with E-state index in [0.29, 0.717) is 5.75 Å². The highest BCUT2D eigenvalue weighted by Gasteiger charge is 2.23. The second-order valence-electron chi connectivity index (χ2n) is 5.88. The van der Waals surface area contributed by atoms with E-state index in [1.807, 2.05) is 0 Å². The number of rotatable bonds is 8. The van der Waals surface area contributed by atoms with Crippen molar-refractivity contribution in [3.8, 4) is 5.75 Å². The Hall–Kier alpha value is -2.97. The highest BCUT2D eigenvalue weighted by molar-refractivity contribution is 6.39. The number of hydrogen-bond acceptors (Lipinski definition) is 4. The quantitative estimate of drug-likeness (QED) is 0.504. The number of carbonyl (C=O) groups is 3. The molecule has 2 aromatic carbocycles. The third kappa shape index (κ3) is 6.55. The largest absolute Gasteiger partial charge is 0.497 e. The van der Waals surface area contributed by atoms with Gasteiger partial charge in [-0.15, -0.1) is 0 Å². The van der Waals surface area contributed by atoms with E-state index in [1.54, 1.807) is 30.3 Å². The summed E-state index contributed by atoms with van der Waals surface area (Å²) in [7, 11) is 1.54. The predicted octanol–water partition coefficient (Wildman–Crippen LogP) is 2.68. The summed E-state index contributed by atoms with van der Waals surface area (Å²) < 4.78 is 5.10. The zero-order chi connectivity index (χ0) is 21.4. The van der Waals surface area contributed by atoms with Gasteiger partial charge in [-0.3, -0.25) is 4.79 Å². The molecule has 0 spiro atoms. The minimum Gasteiger partial charge on any atom is -0.497 e. The number of urea groups is 1. The van der Waals surface area contributed by atoms with Crippen LogP contribution in [0.3, 0.4) is 0 Å². The molecule has 0 fully saturated rings. The van der Waals surface area contributed by atoms with Gasteiger partial charge in [-0.05, 0) is 29.8 Å². The first kappa shape index (κ1) is 22.3. The van der Waals surface area contributed by atoms with Gasteiger partial charge in [0.15, 0.2) is 0 Å². The van der Waals surface area contributed by atoms with Crippen molar-refractivity contribution in [2.75, 3.05) is 13.7 Å². The number of carbonyl (C=O) groups excluding carboxylic acids is 2. The Morgan fingerprint density at radius 2 is 1.72 bits per heavy atom. The molecule has 0 bridgehead atoms. The van der Waals surface area contributed by atoms with Gasteiger partial charge in [-0.25, -0.2) is 9.59 Å². The molecule has 0 aromatic heterocycles. The second kappa shape index (κ2) is 10.5. The van der Waals surface area contributed by atoms with Crippen molar-refractivity contribution in [2.45, 2.75) is 12.6 Å². The number of amides is 3. The summed E-state index contributed by atoms with van der Waals surface area (Å²) in [4.78, 5) is 35.7. The van der Waals surface area contributed by atoms with Crippen molar-refractivity contribution in [3.63, 3.8) is 0 Å². The molecule has 0 saturated heterocycles. The number of halogens is 2. The van der Waals surface area contributed by atoms with Gasteiger partial charge >= 0.3 is 12.0 Å². The van der Waals surface area contributed by atoms with E-state index < -0.39 is 23.9 Å². The zero-order valence-electron chi connectivity index (χ0n) is 15.4. The first-order chi connectivity index (χ1) is 13.8. The van der Waals surface area contributed by atoms with Crippen LogP contribution in [0.25, 0.3) is 0 Å². The lowest BCUT2D eigenvalue weighted by atomic mass is 10.2. The van der Waals surface area contributed by atoms with Crippen LogP contribution in [0.15, 0.2) is 42.5 Å². The molecule has 0 aliphatic rings. The molecule has 4 N–H and O–H groups in total. The van der Waals surface area contributed by atoms with Crippen LogP contribution in [-0.4, -0.2) is 42.7 Å². The molecule has 0 saturated carbocycles. The van der Waals surface area contributed by atoms with Crippen LogP contribution in [0.5, 0.6) is 5.75 Å². The van der Waals surface area contributed by atoms with Crippen LogP contribution >= 0.6 is 23.2 Å². The third-order valence-corrected chi connectivity index (χ3v) is 4.48. The number of nitrogens with one attached hydrogen (secondary N) is 3. The van der Waals surface area contributed by atoms with Gasteiger partial charge in [0.1, 0.15) is 11.8 Å². The Kier molecular flexibility index (Phi) is 8.11. The Morgan fingerprint density at radius 1 is 1.07 bits per heavy atom. The van der Waals surface area contributed by atoms with Crippen LogP contribution in [-0.2, 0) is 11.3 Å². The summed E-state index contributed by atoms with van der Waals surface area (Å²) in [5.41, 5.74) is 0.764. The molecular formula is C19H19Cl2N3O5. The fourth-order valence-corrected chi connectivity index (χ4v) is 2.94. The van der Waals surface area contributed by atoms with Crippen molar-refractivity contribution < 1.29 is 24.2 Å². The standard InChI is InChI=1S/C19H19Cl2N3O5/c1-29-12-5-2-4-11(8-12)9-22-19(28)23-10-15(18(26)27)24-17(25)16-13(20)6-3-7-14(16)21/h2-8,15H,9-10H2,1H3,(H,24,25)(H,26,27)(H2,22,23,28). The molecule has 1 atom stereocenters. The maximum Gasteiger partial charge on any atom is 0.328 e. The van der Waals surface area contributed by atoms with Crippen molar-refractivity contribution in [2.24, 2.45) is 0 Å². The number of benzene rings is 2. The zero-order valence-corrected chi connectivity index (χ0v) is 16.9. The van der Waals surface area contributed by atoms with E-state index >= 15 is 0 Å². The molecule has 3 amide bonds. The highest BCUT2D eigenvalue weighted by Crippen LogP contribution is 2.24. The molecule has 0 radical (unpaired) electrons. The van der Waals surface area contributed by atoms with E-state index in [0.717, 1.165) is 5.56 Å². The van der Waals surface area contributed by atoms with E-state index in [4.69, 9.17) is 27.9 Å². The monoisotopic (exact) mass is 439 g/mol. The summed E-state index contributed by atoms with van der Waals surface area (Å²) in [6.45, 7) is -0.130. The maximum atomic E-state index is 12.3. The first-order valence-corrected chi connectivity index (χ1v) is 9.19. The molecule has 29 heavy (non-hydrogen) atoms. The van der Waals surface area contributed by atoms with Crippen LogP contribution in [0.2, 0.25) is 10.0 Å². The van der Waals surface area contributed by atoms with Gasteiger partial charge in [-0.2, -0.15) is 0 Å². The summed E-state index contributed by atoms with van der Waals surface area (Å²) in [5, 5.41) is 16.8. The number of carboxylic acid groups (broad SMARTS) is 1. The lowest BCUT2D eigenvalue weighted by Crippen LogP contribution is -2.50. The third-order valence-electron chi connectivity index (χ3n) is 3.85. The number of ether oxygens (including phenoxy) is 1. The minimum absolute atomic E-state index is 0.0374. The minimum atomic E-state index is -1.38. The van der Waals surface area contributed by atoms with Crippen molar-refractivity contribution in [3.05, 3.63) is 63.6 Å². The summed E-state index contributed by atoms with van der Waals surface area (Å²) in [6, 6.07) is 9.62. The summed E-state index contributed by atoms with van der Waals surface area (Å²) in [6.07, 6.45) is 0. The topological polar surface area (TPSA) is 117 Å². The molecule has 0 heterocycles. The van der Waals surface area contributed by atoms with Gasteiger partial charge in [0, 0.05) is 6.54 Å². The fourth-order valence-electron chi connectivity index (χ4n) is 2.37. The van der Waals surface area contributed by atoms with Gasteiger partial charge in [-0.1, -0.05) is 41.4 Å². The molecule has 0 aliphatic carbocycles. The summed E-state index contributed by atoms with van der Waals surface area (Å²) >= 11 is 11.9. The van der Waals surface area contributed by atoms with Gasteiger partial charge in [0.2, 0.25) is 0 Å². The van der Waals surface area contributed by atoms with Gasteiger partial charge in [0.25, 0.3) is 5.91 Å². The van der Waals surface area contributed by atoms with Crippen LogP contribution in [0.4, 0.5) is 4.79 Å². The van der Waals surface area contributed by atoms with E-state index in [1.165, 1.54) is 19.2 Å². The lowest BCUT2D eigenvalue weighted by molar-refractivity contribution is -0.139.